The molecule has 0 unspecified atom stereocenters. The Bertz CT molecular complexity index is 590. The van der Waals surface area contributed by atoms with Gasteiger partial charge in [0.1, 0.15) is 5.75 Å². The maximum atomic E-state index is 5.98. The van der Waals surface area contributed by atoms with Gasteiger partial charge in [0.25, 0.3) is 0 Å². The van der Waals surface area contributed by atoms with Crippen LogP contribution in [0.3, 0.4) is 0 Å². The summed E-state index contributed by atoms with van der Waals surface area (Å²) in [7, 11) is 1.67. The van der Waals surface area contributed by atoms with Crippen LogP contribution in [0.15, 0.2) is 39.7 Å². The van der Waals surface area contributed by atoms with E-state index in [-0.39, 0.29) is 0 Å². The number of nitrogen functional groups attached to an aromatic ring is 1. The number of thioether (sulfide) groups is 1. The Morgan fingerprint density at radius 1 is 1.32 bits per heavy atom. The van der Waals surface area contributed by atoms with Crippen molar-refractivity contribution in [1.82, 2.24) is 4.98 Å². The van der Waals surface area contributed by atoms with Crippen LogP contribution in [0.4, 0.5) is 5.69 Å². The van der Waals surface area contributed by atoms with Crippen LogP contribution in [-0.2, 0) is 5.75 Å². The Kier molecular flexibility index (Phi) is 4.71. The number of rotatable bonds is 4. The number of nitrogens with zero attached hydrogens (tertiary/aromatic N) is 1. The van der Waals surface area contributed by atoms with Crippen molar-refractivity contribution in [2.24, 2.45) is 0 Å². The van der Waals surface area contributed by atoms with Gasteiger partial charge >= 0.3 is 0 Å². The molecule has 19 heavy (non-hydrogen) atoms. The van der Waals surface area contributed by atoms with Gasteiger partial charge in [0.05, 0.1) is 12.8 Å². The topological polar surface area (TPSA) is 48.1 Å². The molecule has 1 aromatic carbocycles. The first-order valence-corrected chi connectivity index (χ1v) is 7.55. The summed E-state index contributed by atoms with van der Waals surface area (Å²) in [4.78, 5) is 5.55. The van der Waals surface area contributed by atoms with Crippen molar-refractivity contribution in [3.05, 3.63) is 46.2 Å². The fourth-order valence-corrected chi connectivity index (χ4v) is 2.92. The number of methoxy groups -OCH3 is 1. The zero-order valence-corrected chi connectivity index (χ0v) is 13.2. The molecule has 2 rings (SSSR count). The number of aromatic nitrogens is 1. The van der Waals surface area contributed by atoms with E-state index in [1.54, 1.807) is 18.9 Å². The minimum Gasteiger partial charge on any atom is -0.497 e. The van der Waals surface area contributed by atoms with E-state index in [0.717, 1.165) is 37.9 Å². The second-order valence-corrected chi connectivity index (χ2v) is 6.04. The minimum absolute atomic E-state index is 0.768. The van der Waals surface area contributed by atoms with E-state index < -0.39 is 0 Å². The lowest BCUT2D eigenvalue weighted by Crippen LogP contribution is -1.94. The van der Waals surface area contributed by atoms with E-state index >= 15 is 0 Å². The highest BCUT2D eigenvalue weighted by Gasteiger charge is 2.04. The average molecular weight is 339 g/mol. The molecule has 1 aromatic heterocycles. The molecule has 0 bridgehead atoms. The molecule has 2 aromatic rings. The number of hydrogen-bond donors (Lipinski definition) is 1. The molecular weight excluding hydrogens is 324 g/mol. The van der Waals surface area contributed by atoms with Gasteiger partial charge in [-0.25, -0.2) is 0 Å². The van der Waals surface area contributed by atoms with Gasteiger partial charge < -0.3 is 10.5 Å². The summed E-state index contributed by atoms with van der Waals surface area (Å²) >= 11 is 5.08. The number of benzene rings is 1. The van der Waals surface area contributed by atoms with Gasteiger partial charge in [-0.15, -0.1) is 11.8 Å². The van der Waals surface area contributed by atoms with Crippen LogP contribution in [0.2, 0.25) is 0 Å². The second kappa shape index (κ2) is 6.30. The third-order valence-corrected chi connectivity index (χ3v) is 4.18. The van der Waals surface area contributed by atoms with E-state index in [1.807, 2.05) is 37.3 Å². The molecule has 1 heterocycles. The fraction of sp³-hybridized carbons (Fsp3) is 0.214. The third kappa shape index (κ3) is 3.88. The van der Waals surface area contributed by atoms with Crippen molar-refractivity contribution in [3.8, 4) is 5.75 Å². The molecule has 0 aliphatic rings. The highest BCUT2D eigenvalue weighted by molar-refractivity contribution is 9.10. The fourth-order valence-electron chi connectivity index (χ4n) is 1.70. The first-order valence-electron chi connectivity index (χ1n) is 5.78. The number of halogens is 1. The van der Waals surface area contributed by atoms with Crippen LogP contribution >= 0.6 is 27.7 Å². The Hall–Kier alpha value is -1.20. The molecule has 0 aliphatic heterocycles. The number of nitrogens with two attached hydrogens (primary N) is 1. The molecule has 100 valence electrons. The number of aryl methyl sites for hydroxylation is 1. The molecule has 0 saturated carbocycles. The molecule has 2 N–H and O–H groups in total. The minimum atomic E-state index is 0.768. The maximum absolute atomic E-state index is 5.98. The first kappa shape index (κ1) is 14.2. The molecule has 0 fully saturated rings. The summed E-state index contributed by atoms with van der Waals surface area (Å²) in [5.74, 6) is 1.61. The highest BCUT2D eigenvalue weighted by Crippen LogP contribution is 2.30. The van der Waals surface area contributed by atoms with Crippen molar-refractivity contribution in [2.45, 2.75) is 17.6 Å². The van der Waals surface area contributed by atoms with Crippen LogP contribution in [-0.4, -0.2) is 12.1 Å². The summed E-state index contributed by atoms with van der Waals surface area (Å²) in [5.41, 5.74) is 8.70. The Morgan fingerprint density at radius 3 is 2.79 bits per heavy atom. The normalized spacial score (nSPS) is 10.5. The van der Waals surface area contributed by atoms with Crippen molar-refractivity contribution in [3.63, 3.8) is 0 Å². The second-order valence-electron chi connectivity index (χ2n) is 4.11. The third-order valence-electron chi connectivity index (χ3n) is 2.56. The van der Waals surface area contributed by atoms with Crippen molar-refractivity contribution >= 4 is 33.4 Å². The van der Waals surface area contributed by atoms with Crippen LogP contribution < -0.4 is 10.5 Å². The van der Waals surface area contributed by atoms with Gasteiger partial charge in [-0.1, -0.05) is 15.9 Å². The van der Waals surface area contributed by atoms with Crippen molar-refractivity contribution in [2.75, 3.05) is 12.8 Å². The monoisotopic (exact) mass is 338 g/mol. The molecule has 0 saturated heterocycles. The van der Waals surface area contributed by atoms with Crippen molar-refractivity contribution in [1.29, 1.82) is 0 Å². The lowest BCUT2D eigenvalue weighted by atomic mass is 10.3. The Labute approximate surface area is 125 Å². The number of hydrogen-bond acceptors (Lipinski definition) is 4. The molecule has 0 aliphatic carbocycles. The van der Waals surface area contributed by atoms with Crippen LogP contribution in [0, 0.1) is 6.92 Å². The molecular formula is C14H15BrN2OS. The van der Waals surface area contributed by atoms with Crippen LogP contribution in [0.25, 0.3) is 0 Å². The number of ether oxygens (including phenoxy) is 1. The Morgan fingerprint density at radius 2 is 2.11 bits per heavy atom. The number of anilines is 1. The lowest BCUT2D eigenvalue weighted by molar-refractivity contribution is 0.413. The van der Waals surface area contributed by atoms with Gasteiger partial charge in [-0.05, 0) is 25.1 Å². The molecule has 0 amide bonds. The summed E-state index contributed by atoms with van der Waals surface area (Å²) in [5, 5.41) is 0. The molecule has 0 atom stereocenters. The quantitative estimate of drug-likeness (QED) is 0.675. The van der Waals surface area contributed by atoms with Gasteiger partial charge in [0.2, 0.25) is 0 Å². The van der Waals surface area contributed by atoms with Gasteiger partial charge in [-0.3, -0.25) is 4.98 Å². The molecule has 0 radical (unpaired) electrons. The summed E-state index contributed by atoms with van der Waals surface area (Å²) in [6, 6.07) is 9.78. The smallest absolute Gasteiger partial charge is 0.122 e. The zero-order valence-electron chi connectivity index (χ0n) is 10.8. The summed E-state index contributed by atoms with van der Waals surface area (Å²) in [6.45, 7) is 1.96. The zero-order chi connectivity index (χ0) is 13.8. The predicted octanol–water partition coefficient (Wildman–Crippen LogP) is 4.04. The average Bonchev–Trinajstić information content (AvgIpc) is 2.37. The molecule has 5 heteroatoms. The van der Waals surface area contributed by atoms with Crippen LogP contribution in [0.1, 0.15) is 11.4 Å². The Balaban J connectivity index is 2.12. The van der Waals surface area contributed by atoms with Gasteiger partial charge in [0.15, 0.2) is 0 Å². The van der Waals surface area contributed by atoms with Crippen LogP contribution in [0.5, 0.6) is 5.75 Å². The van der Waals surface area contributed by atoms with Gasteiger partial charge in [-0.2, -0.15) is 0 Å². The standard InChI is InChI=1S/C14H15BrN2OS/c1-9-5-12(18-2)7-11(17-9)8-19-14-4-3-10(15)6-13(14)16/h3-7H,8,16H2,1-2H3. The predicted molar refractivity (Wildman–Crippen MR) is 83.6 cm³/mol. The first-order chi connectivity index (χ1) is 9.08. The van der Waals surface area contributed by atoms with E-state index in [1.165, 1.54) is 0 Å². The molecule has 3 nitrogen and oxygen atoms in total. The van der Waals surface area contributed by atoms with E-state index in [4.69, 9.17) is 10.5 Å². The largest absolute Gasteiger partial charge is 0.497 e. The van der Waals surface area contributed by atoms with Crippen molar-refractivity contribution < 1.29 is 4.74 Å². The van der Waals surface area contributed by atoms with E-state index in [0.29, 0.717) is 0 Å². The SMILES string of the molecule is COc1cc(C)nc(CSc2ccc(Br)cc2N)c1. The summed E-state index contributed by atoms with van der Waals surface area (Å²) < 4.78 is 6.24. The van der Waals surface area contributed by atoms with E-state index in [9.17, 15) is 0 Å². The number of pyridine rings is 1. The highest BCUT2D eigenvalue weighted by atomic mass is 79.9. The van der Waals surface area contributed by atoms with Gasteiger partial charge in [0, 0.05) is 38.6 Å². The van der Waals surface area contributed by atoms with E-state index in [2.05, 4.69) is 20.9 Å². The summed E-state index contributed by atoms with van der Waals surface area (Å²) in [6.07, 6.45) is 0. The maximum Gasteiger partial charge on any atom is 0.122 e. The molecule has 0 spiro atoms. The lowest BCUT2D eigenvalue weighted by Gasteiger charge is -2.08.